The second kappa shape index (κ2) is 34.4. The van der Waals surface area contributed by atoms with E-state index in [-0.39, 0.29) is 32.0 Å². The molecule has 0 radical (unpaired) electrons. The summed E-state index contributed by atoms with van der Waals surface area (Å²) in [6.45, 7) is 3.33. The summed E-state index contributed by atoms with van der Waals surface area (Å²) >= 11 is 0. The molecule has 1 heterocycles. The molecule has 1 aliphatic heterocycles. The second-order valence-electron chi connectivity index (χ2n) is 14.4. The van der Waals surface area contributed by atoms with Crippen LogP contribution in [0.25, 0.3) is 0 Å². The van der Waals surface area contributed by atoms with Crippen molar-refractivity contribution >= 4 is 11.9 Å². The lowest BCUT2D eigenvalue weighted by molar-refractivity contribution is -0.305. The molecule has 1 saturated heterocycles. The van der Waals surface area contributed by atoms with Gasteiger partial charge in [0.05, 0.1) is 13.2 Å². The number of aliphatic hydroxyl groups excluding tert-OH is 4. The SMILES string of the molecule is CCCC/C=C\CCCCCCCC(=O)OCC(COC1OC(CO)C(O)C(O)C1O)OC(=O)CCCCCCCCC/C=C\C/C=C\CCCCC. The van der Waals surface area contributed by atoms with Crippen LogP contribution >= 0.6 is 0 Å². The van der Waals surface area contributed by atoms with Crippen LogP contribution in [0.3, 0.4) is 0 Å². The van der Waals surface area contributed by atoms with Gasteiger partial charge in [0.2, 0.25) is 0 Å². The summed E-state index contributed by atoms with van der Waals surface area (Å²) in [6.07, 6.45) is 30.1. The maximum absolute atomic E-state index is 12.7. The van der Waals surface area contributed by atoms with E-state index in [1.807, 2.05) is 0 Å². The van der Waals surface area contributed by atoms with E-state index >= 15 is 0 Å². The molecule has 6 unspecified atom stereocenters. The fourth-order valence-corrected chi connectivity index (χ4v) is 6.08. The number of allylic oxidation sites excluding steroid dienone is 6. The van der Waals surface area contributed by atoms with Gasteiger partial charge in [-0.1, -0.05) is 127 Å². The number of aliphatic hydroxyl groups is 4. The molecular weight excluding hydrogens is 676 g/mol. The maximum atomic E-state index is 12.7. The molecule has 0 saturated carbocycles. The first-order valence-electron chi connectivity index (χ1n) is 21.1. The first-order valence-corrected chi connectivity index (χ1v) is 21.1. The zero-order chi connectivity index (χ0) is 38.8. The summed E-state index contributed by atoms with van der Waals surface area (Å²) in [7, 11) is 0. The van der Waals surface area contributed by atoms with Crippen molar-refractivity contribution in [2.24, 2.45) is 0 Å². The van der Waals surface area contributed by atoms with Crippen LogP contribution in [0.5, 0.6) is 0 Å². The van der Waals surface area contributed by atoms with E-state index in [1.165, 1.54) is 57.8 Å². The van der Waals surface area contributed by atoms with Crippen molar-refractivity contribution in [2.45, 2.75) is 205 Å². The van der Waals surface area contributed by atoms with E-state index in [9.17, 15) is 30.0 Å². The molecule has 6 atom stereocenters. The molecule has 1 fully saturated rings. The molecule has 1 rings (SSSR count). The molecular formula is C43H76O10. The molecule has 0 bridgehead atoms. The molecule has 10 nitrogen and oxygen atoms in total. The fourth-order valence-electron chi connectivity index (χ4n) is 6.08. The third kappa shape index (κ3) is 26.4. The van der Waals surface area contributed by atoms with Crippen LogP contribution in [0.4, 0.5) is 0 Å². The quantitative estimate of drug-likeness (QED) is 0.0287. The number of carbonyl (C=O) groups is 2. The first-order chi connectivity index (χ1) is 25.8. The van der Waals surface area contributed by atoms with Gasteiger partial charge in [-0.05, 0) is 64.2 Å². The van der Waals surface area contributed by atoms with Gasteiger partial charge in [0, 0.05) is 12.8 Å². The van der Waals surface area contributed by atoms with Crippen LogP contribution in [0.2, 0.25) is 0 Å². The Morgan fingerprint density at radius 1 is 0.585 bits per heavy atom. The lowest BCUT2D eigenvalue weighted by Crippen LogP contribution is -2.59. The predicted molar refractivity (Wildman–Crippen MR) is 210 cm³/mol. The van der Waals surface area contributed by atoms with Crippen molar-refractivity contribution in [1.82, 2.24) is 0 Å². The Labute approximate surface area is 321 Å². The van der Waals surface area contributed by atoms with Crippen LogP contribution in [0.1, 0.15) is 168 Å². The second-order valence-corrected chi connectivity index (χ2v) is 14.4. The van der Waals surface area contributed by atoms with Crippen molar-refractivity contribution < 1.29 is 49.0 Å². The highest BCUT2D eigenvalue weighted by Gasteiger charge is 2.44. The molecule has 0 aromatic rings. The van der Waals surface area contributed by atoms with E-state index in [4.69, 9.17) is 18.9 Å². The maximum Gasteiger partial charge on any atom is 0.306 e. The topological polar surface area (TPSA) is 152 Å². The van der Waals surface area contributed by atoms with Crippen molar-refractivity contribution in [3.63, 3.8) is 0 Å². The Hall–Kier alpha value is -2.08. The third-order valence-corrected chi connectivity index (χ3v) is 9.50. The fraction of sp³-hybridized carbons (Fsp3) is 0.814. The van der Waals surface area contributed by atoms with E-state index < -0.39 is 49.4 Å². The summed E-state index contributed by atoms with van der Waals surface area (Å²) in [5, 5.41) is 40.0. The average molecular weight is 753 g/mol. The van der Waals surface area contributed by atoms with Crippen LogP contribution in [-0.4, -0.2) is 89.0 Å². The zero-order valence-corrected chi connectivity index (χ0v) is 33.3. The molecule has 0 aromatic carbocycles. The minimum absolute atomic E-state index is 0.219. The number of hydrogen-bond acceptors (Lipinski definition) is 10. The van der Waals surface area contributed by atoms with Gasteiger partial charge >= 0.3 is 11.9 Å². The molecule has 308 valence electrons. The largest absolute Gasteiger partial charge is 0.462 e. The Morgan fingerprint density at radius 3 is 1.64 bits per heavy atom. The van der Waals surface area contributed by atoms with Gasteiger partial charge in [-0.2, -0.15) is 0 Å². The summed E-state index contributed by atoms with van der Waals surface area (Å²) in [4.78, 5) is 25.2. The van der Waals surface area contributed by atoms with Crippen molar-refractivity contribution in [2.75, 3.05) is 19.8 Å². The Kier molecular flexibility index (Phi) is 31.8. The van der Waals surface area contributed by atoms with Gasteiger partial charge in [-0.15, -0.1) is 0 Å². The van der Waals surface area contributed by atoms with Crippen molar-refractivity contribution in [3.05, 3.63) is 36.5 Å². The van der Waals surface area contributed by atoms with E-state index in [0.29, 0.717) is 12.8 Å². The van der Waals surface area contributed by atoms with Gasteiger partial charge in [-0.25, -0.2) is 0 Å². The highest BCUT2D eigenvalue weighted by atomic mass is 16.7. The van der Waals surface area contributed by atoms with E-state index in [0.717, 1.165) is 70.6 Å². The lowest BCUT2D eigenvalue weighted by atomic mass is 9.99. The summed E-state index contributed by atoms with van der Waals surface area (Å²) in [5.41, 5.74) is 0. The highest BCUT2D eigenvalue weighted by molar-refractivity contribution is 5.70. The monoisotopic (exact) mass is 753 g/mol. The number of hydrogen-bond donors (Lipinski definition) is 4. The molecule has 0 aromatic heterocycles. The molecule has 53 heavy (non-hydrogen) atoms. The average Bonchev–Trinajstić information content (AvgIpc) is 3.15. The number of esters is 2. The number of ether oxygens (including phenoxy) is 4. The van der Waals surface area contributed by atoms with E-state index in [2.05, 4.69) is 50.3 Å². The number of unbranched alkanes of at least 4 members (excludes halogenated alkanes) is 17. The van der Waals surface area contributed by atoms with Gasteiger partial charge in [0.1, 0.15) is 31.0 Å². The molecule has 0 amide bonds. The summed E-state index contributed by atoms with van der Waals surface area (Å²) in [5.74, 6) is -0.828. The molecule has 1 aliphatic rings. The summed E-state index contributed by atoms with van der Waals surface area (Å²) < 4.78 is 22.1. The smallest absolute Gasteiger partial charge is 0.306 e. The predicted octanol–water partition coefficient (Wildman–Crippen LogP) is 8.33. The minimum Gasteiger partial charge on any atom is -0.462 e. The minimum atomic E-state index is -1.60. The van der Waals surface area contributed by atoms with Gasteiger partial charge in [0.25, 0.3) is 0 Å². The Bertz CT molecular complexity index is 965. The normalized spacial score (nSPS) is 21.2. The van der Waals surface area contributed by atoms with Crippen LogP contribution in [0.15, 0.2) is 36.5 Å². The third-order valence-electron chi connectivity index (χ3n) is 9.50. The number of carbonyl (C=O) groups excluding carboxylic acids is 2. The highest BCUT2D eigenvalue weighted by Crippen LogP contribution is 2.22. The zero-order valence-electron chi connectivity index (χ0n) is 33.3. The van der Waals surface area contributed by atoms with Gasteiger partial charge in [-0.3, -0.25) is 9.59 Å². The molecule has 10 heteroatoms. The lowest BCUT2D eigenvalue weighted by Gasteiger charge is -2.39. The summed E-state index contributed by atoms with van der Waals surface area (Å²) in [6, 6.07) is 0. The first kappa shape index (κ1) is 48.9. The van der Waals surface area contributed by atoms with Crippen LogP contribution in [-0.2, 0) is 28.5 Å². The number of rotatable bonds is 34. The van der Waals surface area contributed by atoms with Gasteiger partial charge < -0.3 is 39.4 Å². The van der Waals surface area contributed by atoms with Crippen LogP contribution in [0, 0.1) is 0 Å². The van der Waals surface area contributed by atoms with Crippen molar-refractivity contribution in [1.29, 1.82) is 0 Å². The van der Waals surface area contributed by atoms with Crippen LogP contribution < -0.4 is 0 Å². The van der Waals surface area contributed by atoms with E-state index in [1.54, 1.807) is 0 Å². The Morgan fingerprint density at radius 2 is 1.08 bits per heavy atom. The molecule has 0 spiro atoms. The molecule has 4 N–H and O–H groups in total. The standard InChI is InChI=1S/C43H76O10/c1-3-5-7-9-11-13-15-16-17-18-19-20-22-24-26-28-30-32-39(46)52-36(35-51-43-42(49)41(48)40(47)37(33-44)53-43)34-50-38(45)31-29-27-25-23-21-14-12-10-8-6-4-2/h10-13,16-17,36-37,40-44,47-49H,3-9,14-15,18-35H2,1-2H3/b12-10-,13-11-,17-16-. The van der Waals surface area contributed by atoms with Gasteiger partial charge in [0.15, 0.2) is 12.4 Å². The Balaban J connectivity index is 2.36. The van der Waals surface area contributed by atoms with Crippen molar-refractivity contribution in [3.8, 4) is 0 Å². The molecule has 0 aliphatic carbocycles.